The molecular formula is C12H14Br2FNO. The van der Waals surface area contributed by atoms with E-state index in [1.807, 2.05) is 13.8 Å². The molecule has 0 aliphatic heterocycles. The molecule has 5 heteroatoms. The maximum atomic E-state index is 13.4. The van der Waals surface area contributed by atoms with Gasteiger partial charge in [0.15, 0.2) is 0 Å². The molecule has 94 valence electrons. The van der Waals surface area contributed by atoms with Crippen LogP contribution in [0.3, 0.4) is 0 Å². The highest BCUT2D eigenvalue weighted by molar-refractivity contribution is 9.10. The Morgan fingerprint density at radius 2 is 2.12 bits per heavy atom. The van der Waals surface area contributed by atoms with Gasteiger partial charge in [-0.25, -0.2) is 4.39 Å². The van der Waals surface area contributed by atoms with Gasteiger partial charge < -0.3 is 5.32 Å². The monoisotopic (exact) mass is 365 g/mol. The lowest BCUT2D eigenvalue weighted by Gasteiger charge is -2.21. The Morgan fingerprint density at radius 1 is 1.47 bits per heavy atom. The molecule has 1 aromatic carbocycles. The van der Waals surface area contributed by atoms with Crippen LogP contribution in [0.5, 0.6) is 0 Å². The molecule has 0 aromatic heterocycles. The standard InChI is InChI=1S/C12H14Br2FNO/c1-12(2,6-13)7-16-11(17)9-5-8(14)3-4-10(9)15/h3-5H,6-7H2,1-2H3,(H,16,17). The van der Waals surface area contributed by atoms with Crippen LogP contribution in [0.2, 0.25) is 0 Å². The van der Waals surface area contributed by atoms with Gasteiger partial charge in [-0.05, 0) is 23.6 Å². The molecule has 0 saturated carbocycles. The lowest BCUT2D eigenvalue weighted by Crippen LogP contribution is -2.35. The van der Waals surface area contributed by atoms with Crippen molar-refractivity contribution in [2.24, 2.45) is 5.41 Å². The number of amides is 1. The second-order valence-corrected chi connectivity index (χ2v) is 6.08. The highest BCUT2D eigenvalue weighted by Gasteiger charge is 2.19. The summed E-state index contributed by atoms with van der Waals surface area (Å²) in [5.41, 5.74) is 0.00256. The highest BCUT2D eigenvalue weighted by Crippen LogP contribution is 2.18. The highest BCUT2D eigenvalue weighted by atomic mass is 79.9. The van der Waals surface area contributed by atoms with Crippen LogP contribution in [0.15, 0.2) is 22.7 Å². The number of carbonyl (C=O) groups excluding carboxylic acids is 1. The molecule has 0 saturated heterocycles. The van der Waals surface area contributed by atoms with Gasteiger partial charge in [0.2, 0.25) is 0 Å². The Labute approximate surface area is 117 Å². The summed E-state index contributed by atoms with van der Waals surface area (Å²) in [4.78, 5) is 11.8. The zero-order valence-corrected chi connectivity index (χ0v) is 12.9. The van der Waals surface area contributed by atoms with Gasteiger partial charge in [0.05, 0.1) is 5.56 Å². The summed E-state index contributed by atoms with van der Waals surface area (Å²) in [6, 6.07) is 4.31. The number of rotatable bonds is 4. The zero-order chi connectivity index (χ0) is 13.1. The molecule has 1 N–H and O–H groups in total. The summed E-state index contributed by atoms with van der Waals surface area (Å²) in [7, 11) is 0. The fraction of sp³-hybridized carbons (Fsp3) is 0.417. The normalized spacial score (nSPS) is 11.4. The molecule has 1 aromatic rings. The predicted octanol–water partition coefficient (Wildman–Crippen LogP) is 3.74. The Hall–Kier alpha value is -0.420. The number of hydrogen-bond acceptors (Lipinski definition) is 1. The molecule has 0 unspecified atom stereocenters. The Bertz CT molecular complexity index is 421. The van der Waals surface area contributed by atoms with Gasteiger partial charge in [0, 0.05) is 16.3 Å². The first kappa shape index (κ1) is 14.6. The van der Waals surface area contributed by atoms with E-state index >= 15 is 0 Å². The van der Waals surface area contributed by atoms with Crippen molar-refractivity contribution in [1.82, 2.24) is 5.32 Å². The van der Waals surface area contributed by atoms with E-state index in [4.69, 9.17) is 0 Å². The van der Waals surface area contributed by atoms with Crippen molar-refractivity contribution in [3.8, 4) is 0 Å². The fourth-order valence-electron chi connectivity index (χ4n) is 1.13. The number of hydrogen-bond donors (Lipinski definition) is 1. The van der Waals surface area contributed by atoms with Crippen LogP contribution in [0, 0.1) is 11.2 Å². The van der Waals surface area contributed by atoms with E-state index in [2.05, 4.69) is 37.2 Å². The van der Waals surface area contributed by atoms with Gasteiger partial charge in [-0.3, -0.25) is 4.79 Å². The summed E-state index contributed by atoms with van der Waals surface area (Å²) in [6.45, 7) is 4.52. The van der Waals surface area contributed by atoms with Gasteiger partial charge in [0.25, 0.3) is 5.91 Å². The third kappa shape index (κ3) is 4.39. The minimum absolute atomic E-state index is 0.0574. The van der Waals surface area contributed by atoms with Gasteiger partial charge in [-0.2, -0.15) is 0 Å². The number of halogens is 3. The van der Waals surface area contributed by atoms with Crippen molar-refractivity contribution >= 4 is 37.8 Å². The van der Waals surface area contributed by atoms with Crippen molar-refractivity contribution in [1.29, 1.82) is 0 Å². The quantitative estimate of drug-likeness (QED) is 0.808. The molecule has 0 spiro atoms. The van der Waals surface area contributed by atoms with Crippen LogP contribution < -0.4 is 5.32 Å². The van der Waals surface area contributed by atoms with Crippen molar-refractivity contribution in [3.63, 3.8) is 0 Å². The largest absolute Gasteiger partial charge is 0.351 e. The summed E-state index contributed by atoms with van der Waals surface area (Å²) >= 11 is 6.59. The molecule has 0 fully saturated rings. The average molecular weight is 367 g/mol. The first-order valence-electron chi connectivity index (χ1n) is 5.15. The molecule has 0 radical (unpaired) electrons. The van der Waals surface area contributed by atoms with Crippen LogP contribution in [-0.4, -0.2) is 17.8 Å². The SMILES string of the molecule is CC(C)(CBr)CNC(=O)c1cc(Br)ccc1F. The van der Waals surface area contributed by atoms with E-state index in [1.54, 1.807) is 6.07 Å². The van der Waals surface area contributed by atoms with Crippen LogP contribution in [-0.2, 0) is 0 Å². The third-order valence-electron chi connectivity index (χ3n) is 2.26. The smallest absolute Gasteiger partial charge is 0.254 e. The zero-order valence-electron chi connectivity index (χ0n) is 9.69. The van der Waals surface area contributed by atoms with Crippen molar-refractivity contribution in [3.05, 3.63) is 34.1 Å². The van der Waals surface area contributed by atoms with Crippen molar-refractivity contribution < 1.29 is 9.18 Å². The van der Waals surface area contributed by atoms with E-state index in [1.165, 1.54) is 12.1 Å². The molecule has 0 heterocycles. The molecule has 1 amide bonds. The molecule has 0 bridgehead atoms. The van der Waals surface area contributed by atoms with Crippen LogP contribution in [0.1, 0.15) is 24.2 Å². The predicted molar refractivity (Wildman–Crippen MR) is 74.0 cm³/mol. The number of nitrogens with one attached hydrogen (secondary N) is 1. The Morgan fingerprint density at radius 3 is 2.71 bits per heavy atom. The molecule has 2 nitrogen and oxygen atoms in total. The lowest BCUT2D eigenvalue weighted by molar-refractivity contribution is 0.0936. The summed E-state index contributed by atoms with van der Waals surface area (Å²) in [6.07, 6.45) is 0. The van der Waals surface area contributed by atoms with Crippen LogP contribution >= 0.6 is 31.9 Å². The van der Waals surface area contributed by atoms with E-state index in [0.717, 1.165) is 5.33 Å². The van der Waals surface area contributed by atoms with Gasteiger partial charge in [-0.1, -0.05) is 45.7 Å². The second kappa shape index (κ2) is 5.96. The first-order valence-corrected chi connectivity index (χ1v) is 7.06. The van der Waals surface area contributed by atoms with Gasteiger partial charge >= 0.3 is 0 Å². The van der Waals surface area contributed by atoms with E-state index < -0.39 is 11.7 Å². The van der Waals surface area contributed by atoms with Crippen LogP contribution in [0.25, 0.3) is 0 Å². The molecule has 1 rings (SSSR count). The Kier molecular flexibility index (Phi) is 5.13. The fourth-order valence-corrected chi connectivity index (χ4v) is 1.69. The number of alkyl halides is 1. The summed E-state index contributed by atoms with van der Waals surface area (Å²) in [5.74, 6) is -0.903. The first-order chi connectivity index (χ1) is 7.85. The van der Waals surface area contributed by atoms with Crippen molar-refractivity contribution in [2.75, 3.05) is 11.9 Å². The van der Waals surface area contributed by atoms with E-state index in [9.17, 15) is 9.18 Å². The van der Waals surface area contributed by atoms with E-state index in [0.29, 0.717) is 11.0 Å². The summed E-state index contributed by atoms with van der Waals surface area (Å²) in [5, 5.41) is 3.49. The number of carbonyl (C=O) groups is 1. The maximum absolute atomic E-state index is 13.4. The second-order valence-electron chi connectivity index (χ2n) is 4.60. The topological polar surface area (TPSA) is 29.1 Å². The molecule has 0 aliphatic rings. The van der Waals surface area contributed by atoms with E-state index in [-0.39, 0.29) is 11.0 Å². The van der Waals surface area contributed by atoms with Gasteiger partial charge in [-0.15, -0.1) is 0 Å². The van der Waals surface area contributed by atoms with Crippen molar-refractivity contribution in [2.45, 2.75) is 13.8 Å². The molecule has 0 aliphatic carbocycles. The molecular weight excluding hydrogens is 353 g/mol. The third-order valence-corrected chi connectivity index (χ3v) is 4.27. The average Bonchev–Trinajstić information content (AvgIpc) is 2.29. The molecule has 0 atom stereocenters. The maximum Gasteiger partial charge on any atom is 0.254 e. The Balaban J connectivity index is 2.74. The summed E-state index contributed by atoms with van der Waals surface area (Å²) < 4.78 is 14.1. The van der Waals surface area contributed by atoms with Gasteiger partial charge in [0.1, 0.15) is 5.82 Å². The van der Waals surface area contributed by atoms with Crippen LogP contribution in [0.4, 0.5) is 4.39 Å². The molecule has 17 heavy (non-hydrogen) atoms. The number of benzene rings is 1. The minimum atomic E-state index is -0.512. The lowest BCUT2D eigenvalue weighted by atomic mass is 9.97. The minimum Gasteiger partial charge on any atom is -0.351 e.